The van der Waals surface area contributed by atoms with Gasteiger partial charge in [-0.1, -0.05) is 16.6 Å². The quantitative estimate of drug-likeness (QED) is 0.654. The number of nitrogens with zero attached hydrogens (tertiary/aromatic N) is 6. The van der Waals surface area contributed by atoms with Gasteiger partial charge in [0.05, 0.1) is 29.5 Å². The van der Waals surface area contributed by atoms with E-state index in [1.54, 1.807) is 0 Å². The molecule has 0 saturated carbocycles. The Morgan fingerprint density at radius 1 is 1.39 bits per heavy atom. The number of amides is 1. The summed E-state index contributed by atoms with van der Waals surface area (Å²) in [4.78, 5) is 15.9. The Bertz CT molecular complexity index is 961. The summed E-state index contributed by atoms with van der Waals surface area (Å²) in [6.07, 6.45) is 3.86. The zero-order valence-electron chi connectivity index (χ0n) is 16.3. The van der Waals surface area contributed by atoms with Crippen molar-refractivity contribution < 1.29 is 9.32 Å². The van der Waals surface area contributed by atoms with Crippen molar-refractivity contribution in [2.24, 2.45) is 5.92 Å². The predicted molar refractivity (Wildman–Crippen MR) is 105 cm³/mol. The van der Waals surface area contributed by atoms with E-state index in [2.05, 4.69) is 19.8 Å². The maximum Gasteiger partial charge on any atom is 0.227 e. The third kappa shape index (κ3) is 3.84. The second kappa shape index (κ2) is 7.83. The second-order valence-electron chi connectivity index (χ2n) is 7.52. The lowest BCUT2D eigenvalue weighted by molar-refractivity contribution is -0.136. The first-order valence-corrected chi connectivity index (χ1v) is 10.3. The van der Waals surface area contributed by atoms with Crippen molar-refractivity contribution in [3.63, 3.8) is 0 Å². The van der Waals surface area contributed by atoms with Crippen LogP contribution in [0.1, 0.15) is 42.8 Å². The molecule has 1 saturated heterocycles. The Morgan fingerprint density at radius 2 is 2.25 bits per heavy atom. The van der Waals surface area contributed by atoms with Gasteiger partial charge in [-0.25, -0.2) is 0 Å². The number of hydrogen-bond donors (Lipinski definition) is 0. The molecule has 0 radical (unpaired) electrons. The van der Waals surface area contributed by atoms with Crippen LogP contribution in [0.25, 0.3) is 10.6 Å². The van der Waals surface area contributed by atoms with Crippen molar-refractivity contribution in [3.8, 4) is 10.6 Å². The van der Waals surface area contributed by atoms with Gasteiger partial charge in [0.2, 0.25) is 5.91 Å². The number of piperidine rings is 1. The van der Waals surface area contributed by atoms with E-state index in [9.17, 15) is 4.79 Å². The molecule has 28 heavy (non-hydrogen) atoms. The summed E-state index contributed by atoms with van der Waals surface area (Å²) in [7, 11) is 0. The summed E-state index contributed by atoms with van der Waals surface area (Å²) in [5, 5.41) is 12.7. The minimum atomic E-state index is -0.122. The highest BCUT2D eigenvalue weighted by atomic mass is 32.1. The summed E-state index contributed by atoms with van der Waals surface area (Å²) >= 11 is 1.32. The van der Waals surface area contributed by atoms with E-state index in [-0.39, 0.29) is 17.7 Å². The van der Waals surface area contributed by atoms with Crippen LogP contribution in [0.5, 0.6) is 0 Å². The lowest BCUT2D eigenvalue weighted by Crippen LogP contribution is -2.42. The molecule has 3 aromatic rings. The molecule has 0 bridgehead atoms. The monoisotopic (exact) mass is 400 g/mol. The van der Waals surface area contributed by atoms with Crippen LogP contribution in [0.2, 0.25) is 0 Å². The van der Waals surface area contributed by atoms with Gasteiger partial charge < -0.3 is 9.42 Å². The van der Waals surface area contributed by atoms with Crippen LogP contribution in [0.15, 0.2) is 22.9 Å². The Morgan fingerprint density at radius 3 is 2.96 bits per heavy atom. The van der Waals surface area contributed by atoms with Crippen LogP contribution in [-0.4, -0.2) is 48.4 Å². The molecule has 1 aliphatic heterocycles. The van der Waals surface area contributed by atoms with E-state index in [1.807, 2.05) is 48.7 Å². The highest BCUT2D eigenvalue weighted by Crippen LogP contribution is 2.35. The van der Waals surface area contributed by atoms with Crippen molar-refractivity contribution in [1.29, 1.82) is 0 Å². The molecule has 8 nitrogen and oxygen atoms in total. The molecular weight excluding hydrogens is 376 g/mol. The van der Waals surface area contributed by atoms with Gasteiger partial charge in [-0.05, 0) is 44.3 Å². The molecule has 0 spiro atoms. The minimum absolute atomic E-state index is 0.122. The lowest BCUT2D eigenvalue weighted by Gasteiger charge is -2.33. The fraction of sp³-hybridized carbons (Fsp3) is 0.526. The summed E-state index contributed by atoms with van der Waals surface area (Å²) in [6.45, 7) is 7.85. The number of carbonyl (C=O) groups is 1. The number of aryl methyl sites for hydroxylation is 2. The Hall–Kier alpha value is -2.55. The molecule has 1 fully saturated rings. The summed E-state index contributed by atoms with van der Waals surface area (Å²) in [6, 6.07) is 3.86. The fourth-order valence-electron chi connectivity index (χ4n) is 3.74. The van der Waals surface area contributed by atoms with Crippen LogP contribution >= 0.6 is 11.5 Å². The molecule has 3 aromatic heterocycles. The highest BCUT2D eigenvalue weighted by Gasteiger charge is 2.31. The molecule has 2 atom stereocenters. The van der Waals surface area contributed by atoms with Gasteiger partial charge in [-0.15, -0.1) is 5.10 Å². The van der Waals surface area contributed by atoms with E-state index in [4.69, 9.17) is 4.52 Å². The lowest BCUT2D eigenvalue weighted by atomic mass is 9.93. The van der Waals surface area contributed by atoms with Crippen LogP contribution in [0.3, 0.4) is 0 Å². The number of hydrogen-bond acceptors (Lipinski definition) is 7. The first-order chi connectivity index (χ1) is 13.5. The molecule has 0 aromatic carbocycles. The van der Waals surface area contributed by atoms with E-state index < -0.39 is 0 Å². The van der Waals surface area contributed by atoms with Gasteiger partial charge in [-0.2, -0.15) is 5.10 Å². The van der Waals surface area contributed by atoms with Crippen molar-refractivity contribution in [2.45, 2.75) is 46.1 Å². The Kier molecular flexibility index (Phi) is 5.25. The zero-order valence-corrected chi connectivity index (χ0v) is 17.1. The van der Waals surface area contributed by atoms with E-state index in [1.165, 1.54) is 11.5 Å². The van der Waals surface area contributed by atoms with Crippen LogP contribution in [0, 0.1) is 19.8 Å². The minimum Gasteiger partial charge on any atom is -0.355 e. The first-order valence-electron chi connectivity index (χ1n) is 9.56. The van der Waals surface area contributed by atoms with Crippen LogP contribution in [0.4, 0.5) is 0 Å². The fourth-order valence-corrected chi connectivity index (χ4v) is 4.44. The molecule has 4 heterocycles. The topological polar surface area (TPSA) is 89.9 Å². The van der Waals surface area contributed by atoms with Gasteiger partial charge in [0.1, 0.15) is 4.88 Å². The van der Waals surface area contributed by atoms with Gasteiger partial charge in [0, 0.05) is 31.3 Å². The SMILES string of the molecule is Cc1cc(-c2snnc2C2CCCN(C(=O)C(C)Cn3ccc(C)n3)C2)on1. The third-order valence-corrected chi connectivity index (χ3v) is 5.90. The van der Waals surface area contributed by atoms with Gasteiger partial charge >= 0.3 is 0 Å². The standard InChI is InChI=1S/C19H24N6O2S/c1-12(10-25-8-6-13(2)21-25)19(26)24-7-4-5-15(11-24)17-18(28-23-20-17)16-9-14(3)22-27-16/h6,8-9,12,15H,4-5,7,10-11H2,1-3H3. The number of likely N-dealkylation sites (tertiary alicyclic amines) is 1. The van der Waals surface area contributed by atoms with Crippen molar-refractivity contribution in [3.05, 3.63) is 35.4 Å². The largest absolute Gasteiger partial charge is 0.355 e. The molecule has 1 aliphatic rings. The molecule has 9 heteroatoms. The van der Waals surface area contributed by atoms with E-state index >= 15 is 0 Å². The molecule has 4 rings (SSSR count). The van der Waals surface area contributed by atoms with Crippen molar-refractivity contribution in [1.82, 2.24) is 29.4 Å². The van der Waals surface area contributed by atoms with Gasteiger partial charge in [0.15, 0.2) is 5.76 Å². The smallest absolute Gasteiger partial charge is 0.227 e. The maximum absolute atomic E-state index is 13.0. The van der Waals surface area contributed by atoms with Crippen LogP contribution < -0.4 is 0 Å². The van der Waals surface area contributed by atoms with Crippen molar-refractivity contribution >= 4 is 17.4 Å². The van der Waals surface area contributed by atoms with Gasteiger partial charge in [0.25, 0.3) is 0 Å². The average molecular weight is 401 g/mol. The van der Waals surface area contributed by atoms with Gasteiger partial charge in [-0.3, -0.25) is 9.48 Å². The molecule has 148 valence electrons. The molecule has 1 amide bonds. The van der Waals surface area contributed by atoms with Crippen LogP contribution in [-0.2, 0) is 11.3 Å². The molecular formula is C19H24N6O2S. The molecule has 2 unspecified atom stereocenters. The van der Waals surface area contributed by atoms with Crippen molar-refractivity contribution in [2.75, 3.05) is 13.1 Å². The number of aromatic nitrogens is 5. The average Bonchev–Trinajstić information content (AvgIpc) is 3.42. The van der Waals surface area contributed by atoms with E-state index in [0.29, 0.717) is 18.8 Å². The second-order valence-corrected chi connectivity index (χ2v) is 8.28. The summed E-state index contributed by atoms with van der Waals surface area (Å²) in [5.41, 5.74) is 2.70. The molecule has 0 N–H and O–H groups in total. The normalized spacial score (nSPS) is 18.4. The highest BCUT2D eigenvalue weighted by molar-refractivity contribution is 7.09. The summed E-state index contributed by atoms with van der Waals surface area (Å²) in [5.74, 6) is 0.908. The Balaban J connectivity index is 1.46. The predicted octanol–water partition coefficient (Wildman–Crippen LogP) is 3.05. The molecule has 0 aliphatic carbocycles. The zero-order chi connectivity index (χ0) is 19.7. The first kappa shape index (κ1) is 18.8. The van der Waals surface area contributed by atoms with E-state index in [0.717, 1.165) is 41.3 Å². The number of carbonyl (C=O) groups excluding carboxylic acids is 1. The number of rotatable bonds is 5. The third-order valence-electron chi connectivity index (χ3n) is 5.14. The summed E-state index contributed by atoms with van der Waals surface area (Å²) < 4.78 is 11.4. The maximum atomic E-state index is 13.0. The Labute approximate surface area is 167 Å².